The van der Waals surface area contributed by atoms with Crippen LogP contribution in [0.1, 0.15) is 31.7 Å². The second kappa shape index (κ2) is 6.76. The quantitative estimate of drug-likeness (QED) is 0.867. The highest BCUT2D eigenvalue weighted by molar-refractivity contribution is 5.27. The van der Waals surface area contributed by atoms with Crippen molar-refractivity contribution in [3.8, 4) is 5.75 Å². The molecular weight excluding hydrogens is 224 g/mol. The molecule has 1 aliphatic rings. The summed E-state index contributed by atoms with van der Waals surface area (Å²) >= 11 is 0. The van der Waals surface area contributed by atoms with Crippen LogP contribution in [0.15, 0.2) is 24.3 Å². The Balaban J connectivity index is 1.80. The summed E-state index contributed by atoms with van der Waals surface area (Å²) in [5.41, 5.74) is 4.95. The molecule has 0 amide bonds. The molecule has 3 heteroatoms. The summed E-state index contributed by atoms with van der Waals surface area (Å²) < 4.78 is 5.17. The first kappa shape index (κ1) is 13.4. The molecule has 100 valence electrons. The average molecular weight is 248 g/mol. The van der Waals surface area contributed by atoms with Gasteiger partial charge in [0.05, 0.1) is 7.11 Å². The van der Waals surface area contributed by atoms with Gasteiger partial charge in [0.1, 0.15) is 5.75 Å². The minimum Gasteiger partial charge on any atom is -0.497 e. The van der Waals surface area contributed by atoms with Gasteiger partial charge in [0.15, 0.2) is 0 Å². The molecule has 2 rings (SSSR count). The fourth-order valence-corrected chi connectivity index (χ4v) is 2.50. The number of hydrazine groups is 1. The highest BCUT2D eigenvalue weighted by atomic mass is 16.5. The van der Waals surface area contributed by atoms with Gasteiger partial charge in [-0.25, -0.2) is 5.01 Å². The topological polar surface area (TPSA) is 24.5 Å². The van der Waals surface area contributed by atoms with E-state index in [-0.39, 0.29) is 0 Å². The lowest BCUT2D eigenvalue weighted by atomic mass is 10.1. The van der Waals surface area contributed by atoms with Gasteiger partial charge in [-0.2, -0.15) is 0 Å². The Morgan fingerprint density at radius 1 is 1.17 bits per heavy atom. The van der Waals surface area contributed by atoms with E-state index in [2.05, 4.69) is 29.5 Å². The van der Waals surface area contributed by atoms with Crippen LogP contribution in [0.2, 0.25) is 0 Å². The lowest BCUT2D eigenvalue weighted by Crippen LogP contribution is -2.46. The molecule has 0 spiro atoms. The van der Waals surface area contributed by atoms with E-state index >= 15 is 0 Å². The molecule has 1 aliphatic heterocycles. The van der Waals surface area contributed by atoms with E-state index < -0.39 is 0 Å². The molecule has 18 heavy (non-hydrogen) atoms. The molecule has 1 saturated heterocycles. The molecule has 0 bridgehead atoms. The summed E-state index contributed by atoms with van der Waals surface area (Å²) in [6, 6.07) is 8.84. The molecule has 1 atom stereocenters. The molecule has 1 unspecified atom stereocenters. The normalized spacial score (nSPS) is 18.6. The van der Waals surface area contributed by atoms with Gasteiger partial charge in [0, 0.05) is 19.1 Å². The van der Waals surface area contributed by atoms with Crippen LogP contribution in [-0.4, -0.2) is 31.3 Å². The van der Waals surface area contributed by atoms with Gasteiger partial charge in [0.25, 0.3) is 0 Å². The molecule has 1 aromatic rings. The Morgan fingerprint density at radius 2 is 1.83 bits per heavy atom. The number of hydrogen-bond donors (Lipinski definition) is 1. The van der Waals surface area contributed by atoms with Crippen molar-refractivity contribution < 1.29 is 4.74 Å². The molecule has 1 fully saturated rings. The summed E-state index contributed by atoms with van der Waals surface area (Å²) in [5.74, 6) is 0.926. The van der Waals surface area contributed by atoms with Crippen LogP contribution < -0.4 is 10.2 Å². The van der Waals surface area contributed by atoms with E-state index in [9.17, 15) is 0 Å². The summed E-state index contributed by atoms with van der Waals surface area (Å²) in [5, 5.41) is 2.37. The molecule has 0 aliphatic carbocycles. The molecule has 0 saturated carbocycles. The van der Waals surface area contributed by atoms with Crippen molar-refractivity contribution >= 4 is 0 Å². The number of nitrogens with one attached hydrogen (secondary N) is 1. The Labute approximate surface area is 110 Å². The van der Waals surface area contributed by atoms with Crippen molar-refractivity contribution in [1.29, 1.82) is 0 Å². The number of hydrogen-bond acceptors (Lipinski definition) is 3. The number of nitrogens with zero attached hydrogens (tertiary/aromatic N) is 1. The Morgan fingerprint density at radius 3 is 2.44 bits per heavy atom. The number of benzene rings is 1. The van der Waals surface area contributed by atoms with Gasteiger partial charge in [-0.1, -0.05) is 18.6 Å². The third-order valence-electron chi connectivity index (χ3n) is 3.46. The second-order valence-electron chi connectivity index (χ2n) is 5.13. The molecule has 0 radical (unpaired) electrons. The molecule has 3 nitrogen and oxygen atoms in total. The fraction of sp³-hybridized carbons (Fsp3) is 0.600. The first-order valence-corrected chi connectivity index (χ1v) is 6.92. The molecular formula is C15H24N2O. The van der Waals surface area contributed by atoms with E-state index in [4.69, 9.17) is 4.74 Å². The number of piperidine rings is 1. The van der Waals surface area contributed by atoms with Gasteiger partial charge >= 0.3 is 0 Å². The zero-order chi connectivity index (χ0) is 12.8. The third-order valence-corrected chi connectivity index (χ3v) is 3.46. The van der Waals surface area contributed by atoms with E-state index in [1.54, 1.807) is 7.11 Å². The van der Waals surface area contributed by atoms with E-state index in [1.165, 1.54) is 37.9 Å². The van der Waals surface area contributed by atoms with Crippen LogP contribution in [0.25, 0.3) is 0 Å². The highest BCUT2D eigenvalue weighted by Gasteiger charge is 2.12. The predicted molar refractivity (Wildman–Crippen MR) is 74.7 cm³/mol. The summed E-state index contributed by atoms with van der Waals surface area (Å²) in [7, 11) is 1.70. The van der Waals surface area contributed by atoms with E-state index in [0.717, 1.165) is 12.2 Å². The molecule has 1 N–H and O–H groups in total. The van der Waals surface area contributed by atoms with E-state index in [1.807, 2.05) is 12.1 Å². The van der Waals surface area contributed by atoms with Crippen molar-refractivity contribution in [2.45, 2.75) is 38.6 Å². The van der Waals surface area contributed by atoms with Gasteiger partial charge in [0.2, 0.25) is 0 Å². The molecule has 1 aromatic carbocycles. The first-order valence-electron chi connectivity index (χ1n) is 6.92. The van der Waals surface area contributed by atoms with Crippen molar-refractivity contribution in [1.82, 2.24) is 10.4 Å². The largest absolute Gasteiger partial charge is 0.497 e. The number of rotatable bonds is 5. The fourth-order valence-electron chi connectivity index (χ4n) is 2.50. The Bertz CT molecular complexity index is 344. The predicted octanol–water partition coefficient (Wildman–Crippen LogP) is 2.62. The maximum atomic E-state index is 5.17. The zero-order valence-corrected chi connectivity index (χ0v) is 11.5. The minimum absolute atomic E-state index is 0.483. The Hall–Kier alpha value is -1.06. The van der Waals surface area contributed by atoms with Crippen LogP contribution in [0.5, 0.6) is 5.75 Å². The monoisotopic (exact) mass is 248 g/mol. The lowest BCUT2D eigenvalue weighted by Gasteiger charge is -2.30. The van der Waals surface area contributed by atoms with Crippen molar-refractivity contribution in [3.05, 3.63) is 29.8 Å². The van der Waals surface area contributed by atoms with Crippen LogP contribution >= 0.6 is 0 Å². The third kappa shape index (κ3) is 4.00. The zero-order valence-electron chi connectivity index (χ0n) is 11.5. The van der Waals surface area contributed by atoms with Gasteiger partial charge in [-0.05, 0) is 43.9 Å². The van der Waals surface area contributed by atoms with Crippen LogP contribution in [-0.2, 0) is 6.42 Å². The first-order chi connectivity index (χ1) is 8.78. The summed E-state index contributed by atoms with van der Waals surface area (Å²) in [4.78, 5) is 0. The lowest BCUT2D eigenvalue weighted by molar-refractivity contribution is 0.132. The standard InChI is InChI=1S/C15H24N2O/c1-13(16-17-10-4-3-5-11-17)12-14-6-8-15(18-2)9-7-14/h6-9,13,16H,3-5,10-12H2,1-2H3. The summed E-state index contributed by atoms with van der Waals surface area (Å²) in [6.07, 6.45) is 5.08. The van der Waals surface area contributed by atoms with Crippen molar-refractivity contribution in [3.63, 3.8) is 0 Å². The molecule has 1 heterocycles. The highest BCUT2D eigenvalue weighted by Crippen LogP contribution is 2.13. The van der Waals surface area contributed by atoms with Gasteiger partial charge in [-0.15, -0.1) is 0 Å². The number of ether oxygens (including phenoxy) is 1. The molecule has 0 aromatic heterocycles. The SMILES string of the molecule is COc1ccc(CC(C)NN2CCCCC2)cc1. The summed E-state index contributed by atoms with van der Waals surface area (Å²) in [6.45, 7) is 4.62. The van der Waals surface area contributed by atoms with Crippen LogP contribution in [0, 0.1) is 0 Å². The van der Waals surface area contributed by atoms with Crippen LogP contribution in [0.3, 0.4) is 0 Å². The average Bonchev–Trinajstić information content (AvgIpc) is 2.40. The second-order valence-corrected chi connectivity index (χ2v) is 5.13. The smallest absolute Gasteiger partial charge is 0.118 e. The van der Waals surface area contributed by atoms with Crippen molar-refractivity contribution in [2.24, 2.45) is 0 Å². The van der Waals surface area contributed by atoms with E-state index in [0.29, 0.717) is 6.04 Å². The van der Waals surface area contributed by atoms with Gasteiger partial charge in [-0.3, -0.25) is 5.43 Å². The Kier molecular flexibility index (Phi) is 5.02. The maximum absolute atomic E-state index is 5.17. The number of methoxy groups -OCH3 is 1. The van der Waals surface area contributed by atoms with Crippen molar-refractivity contribution in [2.75, 3.05) is 20.2 Å². The minimum atomic E-state index is 0.483. The van der Waals surface area contributed by atoms with Crippen LogP contribution in [0.4, 0.5) is 0 Å². The van der Waals surface area contributed by atoms with Gasteiger partial charge < -0.3 is 4.74 Å². The maximum Gasteiger partial charge on any atom is 0.118 e.